The molecule has 1 rings (SSSR count). The molecule has 0 N–H and O–H groups in total. The second-order valence-electron chi connectivity index (χ2n) is 3.77. The smallest absolute Gasteiger partial charge is 0.107 e. The number of ether oxygens (including phenoxy) is 2. The summed E-state index contributed by atoms with van der Waals surface area (Å²) in [5, 5.41) is 0. The van der Waals surface area contributed by atoms with E-state index < -0.39 is 0 Å². The van der Waals surface area contributed by atoms with Crippen LogP contribution in [0.2, 0.25) is 0 Å². The van der Waals surface area contributed by atoms with Crippen LogP contribution in [0.1, 0.15) is 27.7 Å². The van der Waals surface area contributed by atoms with Gasteiger partial charge in [0.1, 0.15) is 6.23 Å². The van der Waals surface area contributed by atoms with E-state index in [9.17, 15) is 0 Å². The highest BCUT2D eigenvalue weighted by atomic mass is 16.5. The minimum atomic E-state index is 0.221. The largest absolute Gasteiger partial charge is 0.373 e. The van der Waals surface area contributed by atoms with Gasteiger partial charge in [0.05, 0.1) is 12.2 Å². The molecule has 1 saturated heterocycles. The van der Waals surface area contributed by atoms with Crippen LogP contribution in [-0.2, 0) is 9.47 Å². The summed E-state index contributed by atoms with van der Waals surface area (Å²) in [6.07, 6.45) is 0.872. The third kappa shape index (κ3) is 3.25. The van der Waals surface area contributed by atoms with E-state index in [1.807, 2.05) is 6.92 Å². The second-order valence-corrected chi connectivity index (χ2v) is 3.77. The Labute approximate surface area is 81.0 Å². The van der Waals surface area contributed by atoms with Gasteiger partial charge in [-0.2, -0.15) is 0 Å². The minimum absolute atomic E-state index is 0.221. The first kappa shape index (κ1) is 11.0. The molecule has 0 aromatic rings. The van der Waals surface area contributed by atoms with Crippen molar-refractivity contribution < 1.29 is 9.47 Å². The summed E-state index contributed by atoms with van der Waals surface area (Å²) in [5.41, 5.74) is 0. The van der Waals surface area contributed by atoms with E-state index in [1.165, 1.54) is 0 Å². The number of rotatable bonds is 3. The Hall–Kier alpha value is -0.120. The van der Waals surface area contributed by atoms with Crippen molar-refractivity contribution in [3.63, 3.8) is 0 Å². The van der Waals surface area contributed by atoms with Gasteiger partial charge in [-0.25, -0.2) is 0 Å². The Kier molecular flexibility index (Phi) is 4.16. The molecule has 0 aliphatic carbocycles. The Bertz CT molecular complexity index is 142. The average Bonchev–Trinajstić information content (AvgIpc) is 2.03. The van der Waals surface area contributed by atoms with Crippen molar-refractivity contribution in [2.75, 3.05) is 19.7 Å². The molecule has 13 heavy (non-hydrogen) atoms. The van der Waals surface area contributed by atoms with Gasteiger partial charge in [-0.1, -0.05) is 0 Å². The van der Waals surface area contributed by atoms with E-state index in [4.69, 9.17) is 9.47 Å². The zero-order chi connectivity index (χ0) is 9.84. The quantitative estimate of drug-likeness (QED) is 0.668. The lowest BCUT2D eigenvalue weighted by Crippen LogP contribution is -2.49. The van der Waals surface area contributed by atoms with E-state index in [0.717, 1.165) is 19.7 Å². The highest BCUT2D eigenvalue weighted by Gasteiger charge is 2.25. The predicted octanol–water partition coefficient (Wildman–Crippen LogP) is 1.48. The number of nitrogens with zero attached hydrogens (tertiary/aromatic N) is 1. The Balaban J connectivity index is 2.40. The van der Waals surface area contributed by atoms with Crippen LogP contribution in [0.25, 0.3) is 0 Å². The third-order valence-electron chi connectivity index (χ3n) is 2.37. The topological polar surface area (TPSA) is 21.7 Å². The summed E-state index contributed by atoms with van der Waals surface area (Å²) < 4.78 is 11.2. The molecule has 3 nitrogen and oxygen atoms in total. The van der Waals surface area contributed by atoms with Crippen molar-refractivity contribution in [1.82, 2.24) is 4.90 Å². The van der Waals surface area contributed by atoms with Crippen molar-refractivity contribution >= 4 is 0 Å². The highest BCUT2D eigenvalue weighted by Crippen LogP contribution is 2.13. The van der Waals surface area contributed by atoms with Crippen LogP contribution in [0, 0.1) is 0 Å². The molecule has 0 aromatic heterocycles. The van der Waals surface area contributed by atoms with E-state index in [2.05, 4.69) is 25.7 Å². The van der Waals surface area contributed by atoms with Crippen LogP contribution in [0.15, 0.2) is 0 Å². The maximum absolute atomic E-state index is 5.65. The van der Waals surface area contributed by atoms with E-state index in [0.29, 0.717) is 12.2 Å². The molecule has 0 aromatic carbocycles. The summed E-state index contributed by atoms with van der Waals surface area (Å²) in [6, 6.07) is 0. The van der Waals surface area contributed by atoms with Gasteiger partial charge in [-0.15, -0.1) is 0 Å². The Morgan fingerprint density at radius 1 is 1.38 bits per heavy atom. The Morgan fingerprint density at radius 2 is 1.92 bits per heavy atom. The van der Waals surface area contributed by atoms with Gasteiger partial charge in [-0.3, -0.25) is 4.90 Å². The maximum Gasteiger partial charge on any atom is 0.107 e. The van der Waals surface area contributed by atoms with Crippen LogP contribution in [0.4, 0.5) is 0 Å². The molecule has 3 heteroatoms. The number of hydrogen-bond acceptors (Lipinski definition) is 3. The molecule has 0 radical (unpaired) electrons. The number of hydrogen-bond donors (Lipinski definition) is 0. The zero-order valence-corrected chi connectivity index (χ0v) is 9.12. The van der Waals surface area contributed by atoms with Gasteiger partial charge < -0.3 is 9.47 Å². The predicted molar refractivity (Wildman–Crippen MR) is 52.7 cm³/mol. The average molecular weight is 187 g/mol. The molecule has 78 valence electrons. The monoisotopic (exact) mass is 187 g/mol. The number of morpholine rings is 1. The van der Waals surface area contributed by atoms with Crippen LogP contribution in [-0.4, -0.2) is 43.0 Å². The van der Waals surface area contributed by atoms with Crippen LogP contribution < -0.4 is 0 Å². The fourth-order valence-electron chi connectivity index (χ4n) is 1.86. The molecule has 0 amide bonds. The van der Waals surface area contributed by atoms with Gasteiger partial charge in [0.25, 0.3) is 0 Å². The molecular weight excluding hydrogens is 166 g/mol. The fourth-order valence-corrected chi connectivity index (χ4v) is 1.86. The summed E-state index contributed by atoms with van der Waals surface area (Å²) >= 11 is 0. The highest BCUT2D eigenvalue weighted by molar-refractivity contribution is 4.73. The molecule has 0 saturated carbocycles. The zero-order valence-electron chi connectivity index (χ0n) is 9.12. The molecule has 3 atom stereocenters. The summed E-state index contributed by atoms with van der Waals surface area (Å²) in [6.45, 7) is 11.1. The van der Waals surface area contributed by atoms with E-state index >= 15 is 0 Å². The van der Waals surface area contributed by atoms with Crippen molar-refractivity contribution in [3.8, 4) is 0 Å². The first-order chi connectivity index (χ1) is 6.13. The van der Waals surface area contributed by atoms with Crippen molar-refractivity contribution in [1.29, 1.82) is 0 Å². The minimum Gasteiger partial charge on any atom is -0.373 e. The van der Waals surface area contributed by atoms with Gasteiger partial charge in [0.15, 0.2) is 0 Å². The first-order valence-corrected chi connectivity index (χ1v) is 5.14. The van der Waals surface area contributed by atoms with E-state index in [1.54, 1.807) is 0 Å². The molecule has 1 fully saturated rings. The van der Waals surface area contributed by atoms with Gasteiger partial charge in [0.2, 0.25) is 0 Å². The van der Waals surface area contributed by atoms with Crippen molar-refractivity contribution in [2.45, 2.75) is 46.1 Å². The van der Waals surface area contributed by atoms with Crippen molar-refractivity contribution in [3.05, 3.63) is 0 Å². The summed E-state index contributed by atoms with van der Waals surface area (Å²) in [5.74, 6) is 0. The second kappa shape index (κ2) is 4.94. The molecule has 1 aliphatic heterocycles. The molecule has 1 heterocycles. The standard InChI is InChI=1S/C10H21NO2/c1-5-12-10(4)11-6-8(2)13-9(3)7-11/h8-10H,5-7H2,1-4H3. The molecule has 3 unspecified atom stereocenters. The normalized spacial score (nSPS) is 33.2. The van der Waals surface area contributed by atoms with E-state index in [-0.39, 0.29) is 6.23 Å². The SMILES string of the molecule is CCOC(C)N1CC(C)OC(C)C1. The lowest BCUT2D eigenvalue weighted by Gasteiger charge is -2.38. The van der Waals surface area contributed by atoms with Gasteiger partial charge in [0, 0.05) is 19.7 Å². The first-order valence-electron chi connectivity index (χ1n) is 5.14. The lowest BCUT2D eigenvalue weighted by molar-refractivity contribution is -0.131. The third-order valence-corrected chi connectivity index (χ3v) is 2.37. The summed E-state index contributed by atoms with van der Waals surface area (Å²) in [7, 11) is 0. The molecule has 0 spiro atoms. The van der Waals surface area contributed by atoms with Crippen LogP contribution in [0.5, 0.6) is 0 Å². The summed E-state index contributed by atoms with van der Waals surface area (Å²) in [4.78, 5) is 2.34. The van der Waals surface area contributed by atoms with Crippen molar-refractivity contribution in [2.24, 2.45) is 0 Å². The fraction of sp³-hybridized carbons (Fsp3) is 1.00. The maximum atomic E-state index is 5.65. The van der Waals surface area contributed by atoms with Gasteiger partial charge in [-0.05, 0) is 27.7 Å². The molecule has 0 bridgehead atoms. The molecular formula is C10H21NO2. The lowest BCUT2D eigenvalue weighted by atomic mass is 10.2. The van der Waals surface area contributed by atoms with Crippen LogP contribution >= 0.6 is 0 Å². The molecule has 1 aliphatic rings. The van der Waals surface area contributed by atoms with Gasteiger partial charge >= 0.3 is 0 Å². The Morgan fingerprint density at radius 3 is 2.38 bits per heavy atom. The van der Waals surface area contributed by atoms with Crippen LogP contribution in [0.3, 0.4) is 0 Å².